The predicted molar refractivity (Wildman–Crippen MR) is 112 cm³/mol. The topological polar surface area (TPSA) is 86.5 Å². The fourth-order valence-electron chi connectivity index (χ4n) is 4.62. The van der Waals surface area contributed by atoms with E-state index in [2.05, 4.69) is 25.9 Å². The molecule has 1 atom stereocenters. The number of carbonyl (C=O) groups is 1. The SMILES string of the molecule is COC(=O)c1nc2n(c1C(O)c1cc(F)cnc1OC)C1CC(C1)c1cc(F)c(Br)cc1-2. The van der Waals surface area contributed by atoms with Gasteiger partial charge in [-0.1, -0.05) is 0 Å². The van der Waals surface area contributed by atoms with Gasteiger partial charge in [-0.3, -0.25) is 0 Å². The number of benzene rings is 1. The van der Waals surface area contributed by atoms with Crippen molar-refractivity contribution in [3.8, 4) is 17.3 Å². The van der Waals surface area contributed by atoms with Crippen molar-refractivity contribution in [1.29, 1.82) is 0 Å². The molecule has 7 nitrogen and oxygen atoms in total. The van der Waals surface area contributed by atoms with E-state index in [1.54, 1.807) is 10.6 Å². The second kappa shape index (κ2) is 7.63. The summed E-state index contributed by atoms with van der Waals surface area (Å²) < 4.78 is 40.5. The minimum absolute atomic E-state index is 0.0237. The summed E-state index contributed by atoms with van der Waals surface area (Å²) in [5, 5.41) is 11.3. The summed E-state index contributed by atoms with van der Waals surface area (Å²) >= 11 is 3.23. The molecule has 2 aliphatic heterocycles. The molecule has 0 amide bonds. The first-order valence-corrected chi connectivity index (χ1v) is 10.7. The molecule has 10 heteroatoms. The number of halogens is 3. The Morgan fingerprint density at radius 1 is 1.28 bits per heavy atom. The van der Waals surface area contributed by atoms with Crippen molar-refractivity contribution < 1.29 is 28.2 Å². The van der Waals surface area contributed by atoms with Gasteiger partial charge in [-0.15, -0.1) is 0 Å². The maximum atomic E-state index is 14.3. The Morgan fingerprint density at radius 2 is 2.03 bits per heavy atom. The van der Waals surface area contributed by atoms with Gasteiger partial charge in [-0.25, -0.2) is 23.5 Å². The summed E-state index contributed by atoms with van der Waals surface area (Å²) in [5.41, 5.74) is 1.58. The number of hydrogen-bond acceptors (Lipinski definition) is 6. The number of aromatic nitrogens is 3. The number of aliphatic hydroxyl groups excluding tert-OH is 1. The Bertz CT molecular complexity index is 1260. The second-order valence-corrected chi connectivity index (χ2v) is 8.72. The molecule has 2 bridgehead atoms. The van der Waals surface area contributed by atoms with Crippen LogP contribution >= 0.6 is 15.9 Å². The van der Waals surface area contributed by atoms with E-state index < -0.39 is 17.9 Å². The lowest BCUT2D eigenvalue weighted by Crippen LogP contribution is -2.26. The van der Waals surface area contributed by atoms with Crippen molar-refractivity contribution in [2.45, 2.75) is 30.9 Å². The van der Waals surface area contributed by atoms with E-state index in [4.69, 9.17) is 9.47 Å². The van der Waals surface area contributed by atoms with Crippen LogP contribution in [0, 0.1) is 11.6 Å². The smallest absolute Gasteiger partial charge is 0.358 e. The lowest BCUT2D eigenvalue weighted by atomic mass is 9.75. The minimum Gasteiger partial charge on any atom is -0.481 e. The summed E-state index contributed by atoms with van der Waals surface area (Å²) in [6.07, 6.45) is 0.895. The van der Waals surface area contributed by atoms with E-state index >= 15 is 0 Å². The normalized spacial score (nSPS) is 19.3. The standard InChI is InChI=1S/C22H18BrF2N3O4/c1-31-21-14(5-10(24)8-26-21)19(29)18-17(22(30)32-2)27-20-13-6-15(23)16(25)7-12(13)9-3-11(4-9)28(18)20/h5-9,11,19,29H,3-4H2,1-2H3. The van der Waals surface area contributed by atoms with Gasteiger partial charge < -0.3 is 19.1 Å². The van der Waals surface area contributed by atoms with E-state index in [-0.39, 0.29) is 45.1 Å². The first kappa shape index (κ1) is 21.0. The Balaban J connectivity index is 1.78. The molecule has 3 aromatic rings. The summed E-state index contributed by atoms with van der Waals surface area (Å²) in [5.74, 6) is -1.21. The fraction of sp³-hybridized carbons (Fsp3) is 0.318. The molecular weight excluding hydrogens is 488 g/mol. The van der Waals surface area contributed by atoms with Crippen molar-refractivity contribution >= 4 is 21.9 Å². The number of methoxy groups -OCH3 is 2. The predicted octanol–water partition coefficient (Wildman–Crippen LogP) is 4.29. The number of hydrogen-bond donors (Lipinski definition) is 1. The highest BCUT2D eigenvalue weighted by atomic mass is 79.9. The van der Waals surface area contributed by atoms with Crippen molar-refractivity contribution in [1.82, 2.24) is 14.5 Å². The van der Waals surface area contributed by atoms with Crippen LogP contribution in [0.5, 0.6) is 5.88 Å². The van der Waals surface area contributed by atoms with Gasteiger partial charge in [-0.05, 0) is 58.5 Å². The van der Waals surface area contributed by atoms with E-state index in [0.717, 1.165) is 17.8 Å². The van der Waals surface area contributed by atoms with Gasteiger partial charge in [0.25, 0.3) is 0 Å². The van der Waals surface area contributed by atoms with E-state index in [9.17, 15) is 18.7 Å². The van der Waals surface area contributed by atoms with Crippen LogP contribution in [-0.2, 0) is 4.74 Å². The van der Waals surface area contributed by atoms with Crippen LogP contribution in [0.15, 0.2) is 28.9 Å². The molecule has 166 valence electrons. The van der Waals surface area contributed by atoms with Crippen molar-refractivity contribution in [2.24, 2.45) is 0 Å². The van der Waals surface area contributed by atoms with Crippen molar-refractivity contribution in [3.63, 3.8) is 0 Å². The number of rotatable bonds is 4. The Kier molecular flexibility index (Phi) is 5.01. The zero-order valence-electron chi connectivity index (χ0n) is 17.1. The molecule has 0 spiro atoms. The number of carbonyl (C=O) groups excluding carboxylic acids is 1. The third kappa shape index (κ3) is 3.04. The Labute approximate surface area is 190 Å². The fourth-order valence-corrected chi connectivity index (χ4v) is 4.96. The highest BCUT2D eigenvalue weighted by Crippen LogP contribution is 2.54. The highest BCUT2D eigenvalue weighted by Gasteiger charge is 2.43. The van der Waals surface area contributed by atoms with Gasteiger partial charge >= 0.3 is 5.97 Å². The van der Waals surface area contributed by atoms with E-state index in [0.29, 0.717) is 24.2 Å². The molecule has 1 N–H and O–H groups in total. The number of esters is 1. The van der Waals surface area contributed by atoms with Crippen molar-refractivity contribution in [3.05, 3.63) is 63.0 Å². The first-order chi connectivity index (χ1) is 15.3. The van der Waals surface area contributed by atoms with Gasteiger partial charge in [0, 0.05) is 11.6 Å². The average Bonchev–Trinajstić information content (AvgIpc) is 3.03. The molecule has 6 rings (SSSR count). The van der Waals surface area contributed by atoms with Crippen LogP contribution in [-0.4, -0.2) is 39.8 Å². The first-order valence-electron chi connectivity index (χ1n) is 9.91. The number of imidazole rings is 1. The summed E-state index contributed by atoms with van der Waals surface area (Å²) in [6, 6.07) is 4.15. The number of nitrogens with zero attached hydrogens (tertiary/aromatic N) is 3. The summed E-state index contributed by atoms with van der Waals surface area (Å²) in [6.45, 7) is 0. The Morgan fingerprint density at radius 3 is 2.72 bits per heavy atom. The van der Waals surface area contributed by atoms with Crippen LogP contribution < -0.4 is 4.74 Å². The van der Waals surface area contributed by atoms with Crippen LogP contribution in [0.2, 0.25) is 0 Å². The maximum Gasteiger partial charge on any atom is 0.358 e. The molecule has 3 aliphatic rings. The highest BCUT2D eigenvalue weighted by molar-refractivity contribution is 9.10. The van der Waals surface area contributed by atoms with E-state index in [1.165, 1.54) is 20.3 Å². The number of aliphatic hydroxyl groups is 1. The zero-order chi connectivity index (χ0) is 22.7. The number of ether oxygens (including phenoxy) is 2. The molecule has 0 radical (unpaired) electrons. The van der Waals surface area contributed by atoms with Crippen LogP contribution in [0.3, 0.4) is 0 Å². The van der Waals surface area contributed by atoms with E-state index in [1.807, 2.05) is 0 Å². The molecule has 4 heterocycles. The van der Waals surface area contributed by atoms with Crippen molar-refractivity contribution in [2.75, 3.05) is 14.2 Å². The third-order valence-electron chi connectivity index (χ3n) is 6.17. The van der Waals surface area contributed by atoms with Gasteiger partial charge in [0.15, 0.2) is 5.69 Å². The quantitative estimate of drug-likeness (QED) is 0.532. The maximum absolute atomic E-state index is 14.3. The van der Waals surface area contributed by atoms with Gasteiger partial charge in [0.1, 0.15) is 23.6 Å². The second-order valence-electron chi connectivity index (χ2n) is 7.86. The number of pyridine rings is 1. The molecule has 0 saturated heterocycles. The van der Waals surface area contributed by atoms with Crippen LogP contribution in [0.1, 0.15) is 58.2 Å². The Hall–Kier alpha value is -2.85. The largest absolute Gasteiger partial charge is 0.481 e. The minimum atomic E-state index is -1.46. The molecule has 1 saturated carbocycles. The van der Waals surface area contributed by atoms with Crippen LogP contribution in [0.25, 0.3) is 11.4 Å². The van der Waals surface area contributed by atoms with Crippen LogP contribution in [0.4, 0.5) is 8.78 Å². The monoisotopic (exact) mass is 505 g/mol. The zero-order valence-corrected chi connectivity index (χ0v) is 18.7. The molecule has 1 fully saturated rings. The van der Waals surface area contributed by atoms with Gasteiger partial charge in [0.05, 0.1) is 36.1 Å². The molecule has 1 aliphatic carbocycles. The summed E-state index contributed by atoms with van der Waals surface area (Å²) in [4.78, 5) is 21.1. The molecular formula is C22H18BrF2N3O4. The summed E-state index contributed by atoms with van der Waals surface area (Å²) in [7, 11) is 2.57. The van der Waals surface area contributed by atoms with Gasteiger partial charge in [-0.2, -0.15) is 0 Å². The average molecular weight is 506 g/mol. The van der Waals surface area contributed by atoms with Gasteiger partial charge in [0.2, 0.25) is 5.88 Å². The molecule has 2 aromatic heterocycles. The lowest BCUT2D eigenvalue weighted by molar-refractivity contribution is 0.0587. The molecule has 32 heavy (non-hydrogen) atoms. The molecule has 1 aromatic carbocycles. The lowest BCUT2D eigenvalue weighted by Gasteiger charge is -2.36. The molecule has 1 unspecified atom stereocenters. The third-order valence-corrected chi connectivity index (χ3v) is 6.78.